The highest BCUT2D eigenvalue weighted by Crippen LogP contribution is 2.18. The molecule has 1 amide bonds. The third kappa shape index (κ3) is 6.69. The van der Waals surface area contributed by atoms with E-state index in [1.165, 1.54) is 12.3 Å². The van der Waals surface area contributed by atoms with E-state index in [4.69, 9.17) is 10.7 Å². The SMILES string of the molecule is C/C=C(\C=NC(C)N1CCN(c2ccc(F)cn2)CC1)c1cccc(CN(C)C(=O)CN)c1. The lowest BCUT2D eigenvalue weighted by atomic mass is 10.0. The van der Waals surface area contributed by atoms with E-state index in [0.29, 0.717) is 6.54 Å². The molecule has 0 bridgehead atoms. The lowest BCUT2D eigenvalue weighted by molar-refractivity contribution is -0.128. The van der Waals surface area contributed by atoms with Crippen LogP contribution in [0.15, 0.2) is 53.7 Å². The molecule has 1 unspecified atom stereocenters. The van der Waals surface area contributed by atoms with Crippen molar-refractivity contribution in [2.75, 3.05) is 44.7 Å². The Morgan fingerprint density at radius 2 is 2.03 bits per heavy atom. The van der Waals surface area contributed by atoms with Gasteiger partial charge in [0.05, 0.1) is 18.9 Å². The fraction of sp³-hybridized carbons (Fsp3) is 0.400. The molecule has 176 valence electrons. The predicted octanol–water partition coefficient (Wildman–Crippen LogP) is 2.78. The average Bonchev–Trinajstić information content (AvgIpc) is 2.84. The van der Waals surface area contributed by atoms with Gasteiger partial charge in [-0.2, -0.15) is 0 Å². The number of halogens is 1. The number of aromatic nitrogens is 1. The third-order valence-electron chi connectivity index (χ3n) is 5.90. The lowest BCUT2D eigenvalue weighted by Crippen LogP contribution is -2.49. The fourth-order valence-electron chi connectivity index (χ4n) is 3.85. The normalized spacial score (nSPS) is 16.3. The zero-order chi connectivity index (χ0) is 23.8. The minimum absolute atomic E-state index is 0.00945. The Labute approximate surface area is 195 Å². The largest absolute Gasteiger partial charge is 0.354 e. The summed E-state index contributed by atoms with van der Waals surface area (Å²) in [7, 11) is 1.76. The van der Waals surface area contributed by atoms with Gasteiger partial charge in [-0.25, -0.2) is 9.37 Å². The van der Waals surface area contributed by atoms with Gasteiger partial charge in [0.25, 0.3) is 0 Å². The van der Waals surface area contributed by atoms with Crippen LogP contribution in [0, 0.1) is 5.82 Å². The molecule has 1 atom stereocenters. The van der Waals surface area contributed by atoms with Crippen molar-refractivity contribution in [3.05, 3.63) is 65.6 Å². The minimum Gasteiger partial charge on any atom is -0.354 e. The molecule has 8 heteroatoms. The Morgan fingerprint density at radius 1 is 1.27 bits per heavy atom. The summed E-state index contributed by atoms with van der Waals surface area (Å²) < 4.78 is 13.1. The van der Waals surface area contributed by atoms with Crippen molar-refractivity contribution < 1.29 is 9.18 Å². The monoisotopic (exact) mass is 452 g/mol. The molecule has 0 saturated carbocycles. The van der Waals surface area contributed by atoms with Crippen molar-refractivity contribution in [3.63, 3.8) is 0 Å². The molecule has 1 aliphatic heterocycles. The van der Waals surface area contributed by atoms with Gasteiger partial charge in [0.1, 0.15) is 11.6 Å². The zero-order valence-electron chi connectivity index (χ0n) is 19.6. The summed E-state index contributed by atoms with van der Waals surface area (Å²) in [6.07, 6.45) is 5.27. The summed E-state index contributed by atoms with van der Waals surface area (Å²) in [5, 5.41) is 0. The lowest BCUT2D eigenvalue weighted by Gasteiger charge is -2.37. The van der Waals surface area contributed by atoms with Gasteiger partial charge in [0.2, 0.25) is 5.91 Å². The van der Waals surface area contributed by atoms with Crippen LogP contribution in [0.4, 0.5) is 10.2 Å². The number of likely N-dealkylation sites (N-methyl/N-ethyl adjacent to an activating group) is 1. The number of allylic oxidation sites excluding steroid dienone is 2. The molecule has 7 nitrogen and oxygen atoms in total. The Balaban J connectivity index is 1.58. The van der Waals surface area contributed by atoms with Gasteiger partial charge in [-0.3, -0.25) is 14.7 Å². The van der Waals surface area contributed by atoms with E-state index in [-0.39, 0.29) is 24.4 Å². The van der Waals surface area contributed by atoms with Gasteiger partial charge in [0, 0.05) is 46.0 Å². The van der Waals surface area contributed by atoms with Gasteiger partial charge in [-0.15, -0.1) is 0 Å². The average molecular weight is 453 g/mol. The number of amides is 1. The van der Waals surface area contributed by atoms with Crippen LogP contribution in [-0.2, 0) is 11.3 Å². The zero-order valence-corrected chi connectivity index (χ0v) is 19.6. The Morgan fingerprint density at radius 3 is 2.67 bits per heavy atom. The number of aliphatic imine (C=N–C) groups is 1. The number of nitrogens with two attached hydrogens (primary N) is 1. The van der Waals surface area contributed by atoms with Crippen molar-refractivity contribution in [1.82, 2.24) is 14.8 Å². The van der Waals surface area contributed by atoms with Crippen LogP contribution in [-0.4, -0.2) is 72.8 Å². The molecule has 0 aliphatic carbocycles. The van der Waals surface area contributed by atoms with E-state index in [1.807, 2.05) is 31.3 Å². The molecule has 33 heavy (non-hydrogen) atoms. The van der Waals surface area contributed by atoms with Crippen molar-refractivity contribution in [2.24, 2.45) is 10.7 Å². The van der Waals surface area contributed by atoms with E-state index < -0.39 is 0 Å². The molecular weight excluding hydrogens is 419 g/mol. The van der Waals surface area contributed by atoms with Gasteiger partial charge in [-0.05, 0) is 48.7 Å². The minimum atomic E-state index is -0.318. The molecule has 3 rings (SSSR count). The maximum atomic E-state index is 13.1. The second kappa shape index (κ2) is 11.7. The van der Waals surface area contributed by atoms with Crippen LogP contribution in [0.5, 0.6) is 0 Å². The highest BCUT2D eigenvalue weighted by molar-refractivity contribution is 6.09. The first kappa shape index (κ1) is 24.5. The van der Waals surface area contributed by atoms with Gasteiger partial charge in [0.15, 0.2) is 0 Å². The number of carbonyl (C=O) groups is 1. The number of nitrogens with zero attached hydrogens (tertiary/aromatic N) is 5. The maximum Gasteiger partial charge on any atom is 0.236 e. The van der Waals surface area contributed by atoms with Crippen LogP contribution < -0.4 is 10.6 Å². The fourth-order valence-corrected chi connectivity index (χ4v) is 3.85. The number of piperazine rings is 1. The summed E-state index contributed by atoms with van der Waals surface area (Å²) in [5.74, 6) is 0.404. The number of benzene rings is 1. The summed E-state index contributed by atoms with van der Waals surface area (Å²) >= 11 is 0. The highest BCUT2D eigenvalue weighted by Gasteiger charge is 2.21. The molecule has 1 aliphatic rings. The second-order valence-electron chi connectivity index (χ2n) is 8.17. The molecule has 2 aromatic rings. The van der Waals surface area contributed by atoms with Crippen molar-refractivity contribution in [1.29, 1.82) is 0 Å². The van der Waals surface area contributed by atoms with Crippen molar-refractivity contribution in [2.45, 2.75) is 26.6 Å². The van der Waals surface area contributed by atoms with E-state index in [2.05, 4.69) is 33.8 Å². The summed E-state index contributed by atoms with van der Waals surface area (Å²) in [6.45, 7) is 7.99. The third-order valence-corrected chi connectivity index (χ3v) is 5.90. The number of pyridine rings is 1. The van der Waals surface area contributed by atoms with E-state index in [9.17, 15) is 9.18 Å². The first-order valence-electron chi connectivity index (χ1n) is 11.2. The number of rotatable bonds is 8. The van der Waals surface area contributed by atoms with Crippen LogP contribution in [0.2, 0.25) is 0 Å². The van der Waals surface area contributed by atoms with Crippen LogP contribution in [0.3, 0.4) is 0 Å². The quantitative estimate of drug-likeness (QED) is 0.623. The summed E-state index contributed by atoms with van der Waals surface area (Å²) in [4.78, 5) is 26.9. The first-order chi connectivity index (χ1) is 15.9. The van der Waals surface area contributed by atoms with E-state index >= 15 is 0 Å². The van der Waals surface area contributed by atoms with Crippen LogP contribution >= 0.6 is 0 Å². The molecule has 0 spiro atoms. The van der Waals surface area contributed by atoms with Gasteiger partial charge >= 0.3 is 0 Å². The Hall–Kier alpha value is -3.10. The number of hydrogen-bond donors (Lipinski definition) is 1. The number of anilines is 1. The Kier molecular flexibility index (Phi) is 8.68. The standard InChI is InChI=1S/C25H33FN6O/c1-4-21(22-7-5-6-20(14-22)18-30(3)25(33)15-27)16-28-19(2)31-10-12-32(13-11-31)24-9-8-23(26)17-29-24/h4-9,14,16-17,19H,10-13,15,18,27H2,1-3H3/b21-4+,28-16?. The highest BCUT2D eigenvalue weighted by atomic mass is 19.1. The van der Waals surface area contributed by atoms with Crippen molar-refractivity contribution in [3.8, 4) is 0 Å². The molecule has 2 N–H and O–H groups in total. The smallest absolute Gasteiger partial charge is 0.236 e. The number of hydrogen-bond acceptors (Lipinski definition) is 6. The Bertz CT molecular complexity index is 983. The van der Waals surface area contributed by atoms with Crippen LogP contribution in [0.25, 0.3) is 5.57 Å². The first-order valence-corrected chi connectivity index (χ1v) is 11.2. The maximum absolute atomic E-state index is 13.1. The number of carbonyl (C=O) groups excluding carboxylic acids is 1. The summed E-state index contributed by atoms with van der Waals surface area (Å²) in [5.41, 5.74) is 8.60. The van der Waals surface area contributed by atoms with Gasteiger partial charge in [-0.1, -0.05) is 24.3 Å². The van der Waals surface area contributed by atoms with Gasteiger partial charge < -0.3 is 15.5 Å². The molecule has 2 heterocycles. The molecule has 1 fully saturated rings. The summed E-state index contributed by atoms with van der Waals surface area (Å²) in [6, 6.07) is 11.3. The second-order valence-corrected chi connectivity index (χ2v) is 8.17. The molecule has 0 radical (unpaired) electrons. The van der Waals surface area contributed by atoms with E-state index in [1.54, 1.807) is 18.0 Å². The molecule has 1 aromatic heterocycles. The topological polar surface area (TPSA) is 78.1 Å². The molecule has 1 saturated heterocycles. The van der Waals surface area contributed by atoms with E-state index in [0.717, 1.165) is 48.7 Å². The molecule has 1 aromatic carbocycles. The molecular formula is C25H33FN6O. The van der Waals surface area contributed by atoms with Crippen molar-refractivity contribution >= 4 is 23.5 Å². The van der Waals surface area contributed by atoms with Crippen LogP contribution in [0.1, 0.15) is 25.0 Å². The predicted molar refractivity (Wildman–Crippen MR) is 132 cm³/mol.